The van der Waals surface area contributed by atoms with Crippen molar-refractivity contribution in [2.24, 2.45) is 0 Å². The molecule has 41 heavy (non-hydrogen) atoms. The van der Waals surface area contributed by atoms with Gasteiger partial charge in [-0.25, -0.2) is 4.98 Å². The molecule has 0 aliphatic heterocycles. The molecular formula is C32H56N4O4Si. The Bertz CT molecular complexity index is 1060. The molecule has 1 aromatic heterocycles. The third-order valence-electron chi connectivity index (χ3n) is 8.21. The summed E-state index contributed by atoms with van der Waals surface area (Å²) in [5.41, 5.74) is 8.98. The molecule has 0 amide bonds. The fraction of sp³-hybridized carbons (Fsp3) is 0.688. The first kappa shape index (κ1) is 34.8. The van der Waals surface area contributed by atoms with E-state index in [0.29, 0.717) is 13.0 Å². The number of methoxy groups -OCH3 is 1. The van der Waals surface area contributed by atoms with Crippen LogP contribution in [0.3, 0.4) is 0 Å². The highest BCUT2D eigenvalue weighted by Crippen LogP contribution is 2.40. The second-order valence-electron chi connectivity index (χ2n) is 12.3. The molecule has 2 rings (SSSR count). The van der Waals surface area contributed by atoms with Gasteiger partial charge in [-0.1, -0.05) is 46.6 Å². The van der Waals surface area contributed by atoms with Gasteiger partial charge < -0.3 is 30.1 Å². The van der Waals surface area contributed by atoms with E-state index in [2.05, 4.69) is 49.0 Å². The number of ether oxygens (including phenoxy) is 3. The van der Waals surface area contributed by atoms with Crippen LogP contribution in [0, 0.1) is 6.92 Å². The van der Waals surface area contributed by atoms with E-state index in [1.54, 1.807) is 7.11 Å². The normalized spacial score (nSPS) is 12.8. The van der Waals surface area contributed by atoms with Crippen molar-refractivity contribution < 1.29 is 19.0 Å². The van der Waals surface area contributed by atoms with Crippen molar-refractivity contribution in [2.45, 2.75) is 117 Å². The monoisotopic (exact) mass is 588 g/mol. The highest BCUT2D eigenvalue weighted by molar-refractivity contribution is 6.72. The first-order chi connectivity index (χ1) is 19.4. The molecule has 2 aromatic rings. The summed E-state index contributed by atoms with van der Waals surface area (Å²) in [6.45, 7) is 16.9. The lowest BCUT2D eigenvalue weighted by Crippen LogP contribution is -2.38. The number of hydrogen-bond donors (Lipinski definition) is 3. The molecule has 0 radical (unpaired) electrons. The average molecular weight is 589 g/mol. The molecule has 0 aliphatic rings. The van der Waals surface area contributed by atoms with Crippen molar-refractivity contribution >= 4 is 20.1 Å². The summed E-state index contributed by atoms with van der Waals surface area (Å²) in [4.78, 5) is 19.6. The molecule has 1 heterocycles. The first-order valence-corrected chi connectivity index (χ1v) is 18.4. The zero-order chi connectivity index (χ0) is 30.5. The van der Waals surface area contributed by atoms with Crippen LogP contribution < -0.4 is 20.5 Å². The van der Waals surface area contributed by atoms with E-state index in [9.17, 15) is 4.80 Å². The molecule has 0 spiro atoms. The van der Waals surface area contributed by atoms with Crippen LogP contribution in [-0.2, 0) is 11.2 Å². The molecule has 0 fully saturated rings. The maximum atomic E-state index is 10.5. The van der Waals surface area contributed by atoms with Crippen LogP contribution >= 0.6 is 0 Å². The third-order valence-corrected chi connectivity index (χ3v) is 11.8. The van der Waals surface area contributed by atoms with Crippen molar-refractivity contribution in [1.82, 2.24) is 9.97 Å². The molecule has 0 saturated carbocycles. The number of hydrogen-bond acceptors (Lipinski definition) is 8. The highest BCUT2D eigenvalue weighted by Gasteiger charge is 2.37. The van der Waals surface area contributed by atoms with Crippen LogP contribution in [0.5, 0.6) is 11.5 Å². The van der Waals surface area contributed by atoms with Gasteiger partial charge in [0.15, 0.2) is 8.32 Å². The van der Waals surface area contributed by atoms with E-state index in [-0.39, 0.29) is 17.0 Å². The fourth-order valence-electron chi connectivity index (χ4n) is 4.67. The largest absolute Gasteiger partial charge is 0.496 e. The standard InChI is InChI=1S/C32H56N4O4Si/c1-9-11-19-39-21-17-26(14-10-2)35-30-28(24(3)34-31(33)36-30)22-25-15-16-27(23-29(25)38-6)40-20-13-12-18-32(4,5)41(7,8)37/h15-16,23,26,37H,9-14,17-22H2,1-8H3,(H3,33,34,35,36)/t26-/m0/s1. The van der Waals surface area contributed by atoms with E-state index in [1.165, 1.54) is 0 Å². The molecule has 4 N–H and O–H groups in total. The molecule has 9 heteroatoms. The first-order valence-electron chi connectivity index (χ1n) is 15.4. The molecule has 1 aromatic carbocycles. The Kier molecular flexibility index (Phi) is 14.4. The average Bonchev–Trinajstić information content (AvgIpc) is 2.90. The second kappa shape index (κ2) is 16.9. The van der Waals surface area contributed by atoms with Crippen molar-refractivity contribution in [3.63, 3.8) is 0 Å². The maximum absolute atomic E-state index is 10.5. The van der Waals surface area contributed by atoms with E-state index >= 15 is 0 Å². The minimum absolute atomic E-state index is 0.00546. The summed E-state index contributed by atoms with van der Waals surface area (Å²) < 4.78 is 17.7. The number of aryl methyl sites for hydroxylation is 1. The van der Waals surface area contributed by atoms with E-state index in [4.69, 9.17) is 19.9 Å². The van der Waals surface area contributed by atoms with Crippen molar-refractivity contribution in [1.29, 1.82) is 0 Å². The Morgan fingerprint density at radius 1 is 1.02 bits per heavy atom. The van der Waals surface area contributed by atoms with Crippen LogP contribution in [-0.4, -0.2) is 56.1 Å². The Labute approximate surface area is 249 Å². The molecule has 8 nitrogen and oxygen atoms in total. The minimum atomic E-state index is -2.18. The summed E-state index contributed by atoms with van der Waals surface area (Å²) in [6.07, 6.45) is 8.80. The molecule has 0 unspecified atom stereocenters. The molecule has 0 saturated heterocycles. The Balaban J connectivity index is 2.09. The number of nitrogens with one attached hydrogen (secondary N) is 1. The summed E-state index contributed by atoms with van der Waals surface area (Å²) >= 11 is 0. The number of nitrogen functional groups attached to an aromatic ring is 1. The van der Waals surface area contributed by atoms with Crippen LogP contribution in [0.4, 0.5) is 11.8 Å². The Hall–Kier alpha value is -2.36. The van der Waals surface area contributed by atoms with Gasteiger partial charge in [-0.3, -0.25) is 0 Å². The van der Waals surface area contributed by atoms with Gasteiger partial charge in [-0.05, 0) is 75.2 Å². The number of nitrogens with zero attached hydrogens (tertiary/aromatic N) is 2. The lowest BCUT2D eigenvalue weighted by molar-refractivity contribution is 0.125. The van der Waals surface area contributed by atoms with E-state index in [0.717, 1.165) is 98.7 Å². The summed E-state index contributed by atoms with van der Waals surface area (Å²) in [5, 5.41) is 3.65. The van der Waals surface area contributed by atoms with Gasteiger partial charge in [0.05, 0.1) is 13.7 Å². The zero-order valence-electron chi connectivity index (χ0n) is 26.9. The van der Waals surface area contributed by atoms with Gasteiger partial charge in [0.25, 0.3) is 0 Å². The second-order valence-corrected chi connectivity index (χ2v) is 16.7. The fourth-order valence-corrected chi connectivity index (χ4v) is 5.46. The summed E-state index contributed by atoms with van der Waals surface area (Å²) in [5.74, 6) is 2.61. The highest BCUT2D eigenvalue weighted by atomic mass is 28.4. The van der Waals surface area contributed by atoms with Gasteiger partial charge in [0.1, 0.15) is 17.3 Å². The molecule has 0 bridgehead atoms. The number of benzene rings is 1. The van der Waals surface area contributed by atoms with Crippen LogP contribution in [0.25, 0.3) is 0 Å². The topological polar surface area (TPSA) is 112 Å². The number of rotatable bonds is 20. The predicted octanol–water partition coefficient (Wildman–Crippen LogP) is 7.28. The van der Waals surface area contributed by atoms with Crippen LogP contribution in [0.2, 0.25) is 18.1 Å². The molecular weight excluding hydrogens is 532 g/mol. The number of nitrogens with two attached hydrogens (primary N) is 1. The van der Waals surface area contributed by atoms with Crippen LogP contribution in [0.1, 0.15) is 95.9 Å². The van der Waals surface area contributed by atoms with E-state index < -0.39 is 8.32 Å². The zero-order valence-corrected chi connectivity index (χ0v) is 27.9. The number of aromatic nitrogens is 2. The van der Waals surface area contributed by atoms with Crippen molar-refractivity contribution in [2.75, 3.05) is 38.0 Å². The van der Waals surface area contributed by atoms with Crippen molar-refractivity contribution in [3.8, 4) is 11.5 Å². The molecule has 232 valence electrons. The quantitative estimate of drug-likeness (QED) is 0.109. The molecule has 1 atom stereocenters. The van der Waals surface area contributed by atoms with Gasteiger partial charge >= 0.3 is 0 Å². The lowest BCUT2D eigenvalue weighted by Gasteiger charge is -2.35. The van der Waals surface area contributed by atoms with Gasteiger partial charge in [0.2, 0.25) is 5.95 Å². The van der Waals surface area contributed by atoms with Gasteiger partial charge in [0, 0.05) is 43.0 Å². The molecule has 0 aliphatic carbocycles. The number of anilines is 2. The maximum Gasteiger partial charge on any atom is 0.222 e. The summed E-state index contributed by atoms with van der Waals surface area (Å²) in [7, 11) is -0.492. The third kappa shape index (κ3) is 11.4. The van der Waals surface area contributed by atoms with E-state index in [1.807, 2.05) is 32.2 Å². The summed E-state index contributed by atoms with van der Waals surface area (Å²) in [6, 6.07) is 6.25. The predicted molar refractivity (Wildman–Crippen MR) is 173 cm³/mol. The van der Waals surface area contributed by atoms with Gasteiger partial charge in [-0.15, -0.1) is 0 Å². The lowest BCUT2D eigenvalue weighted by atomic mass is 10.0. The smallest absolute Gasteiger partial charge is 0.222 e. The minimum Gasteiger partial charge on any atom is -0.496 e. The van der Waals surface area contributed by atoms with Crippen molar-refractivity contribution in [3.05, 3.63) is 35.0 Å². The number of unbranched alkanes of at least 4 members (excludes halogenated alkanes) is 2. The Morgan fingerprint density at radius 2 is 1.78 bits per heavy atom. The van der Waals surface area contributed by atoms with Gasteiger partial charge in [-0.2, -0.15) is 4.98 Å². The SMILES string of the molecule is CCCCOCC[C@H](CCC)Nc1nc(N)nc(C)c1Cc1ccc(OCCCCC(C)(C)[Si](C)(C)O)cc1OC. The van der Waals surface area contributed by atoms with Crippen LogP contribution in [0.15, 0.2) is 18.2 Å². The Morgan fingerprint density at radius 3 is 2.44 bits per heavy atom.